The van der Waals surface area contributed by atoms with E-state index >= 15 is 0 Å². The standard InChI is InChI=1S/C18H38O4S.Li/c1-3-5-7-8-9-10-11-12-13-14-15-18(17-23(19,20)21)22-16-6-4-2;/h18H,3-17H2,1-2H3,(H,19,20,21);/q;+1/p-1. The van der Waals surface area contributed by atoms with Crippen LogP contribution in [0, 0.1) is 0 Å². The molecule has 1 unspecified atom stereocenters. The van der Waals surface area contributed by atoms with Crippen LogP contribution in [0.4, 0.5) is 0 Å². The fourth-order valence-electron chi connectivity index (χ4n) is 2.70. The molecule has 1 atom stereocenters. The van der Waals surface area contributed by atoms with Crippen molar-refractivity contribution in [2.75, 3.05) is 12.4 Å². The largest absolute Gasteiger partial charge is 1.00 e. The zero-order chi connectivity index (χ0) is 17.4. The van der Waals surface area contributed by atoms with Crippen molar-refractivity contribution < 1.29 is 36.6 Å². The van der Waals surface area contributed by atoms with Gasteiger partial charge in [-0.1, -0.05) is 84.5 Å². The average molecular weight is 356 g/mol. The predicted molar refractivity (Wildman–Crippen MR) is 95.7 cm³/mol. The summed E-state index contributed by atoms with van der Waals surface area (Å²) >= 11 is 0. The van der Waals surface area contributed by atoms with Crippen LogP contribution in [-0.2, 0) is 14.9 Å². The molecule has 0 bridgehead atoms. The number of ether oxygens (including phenoxy) is 1. The first-order valence-electron chi connectivity index (χ1n) is 9.54. The van der Waals surface area contributed by atoms with E-state index in [4.69, 9.17) is 4.74 Å². The molecule has 0 rings (SSSR count). The summed E-state index contributed by atoms with van der Waals surface area (Å²) in [5, 5.41) is 0. The second kappa shape index (κ2) is 18.3. The van der Waals surface area contributed by atoms with Crippen molar-refractivity contribution in [2.24, 2.45) is 0 Å². The molecule has 0 aliphatic heterocycles. The van der Waals surface area contributed by atoms with Gasteiger partial charge in [0.1, 0.15) is 0 Å². The number of hydrogen-bond acceptors (Lipinski definition) is 4. The maximum absolute atomic E-state index is 10.9. The van der Waals surface area contributed by atoms with E-state index in [1.165, 1.54) is 51.4 Å². The SMILES string of the molecule is CCCCCCCCCCCCC(CS(=O)(=O)[O-])OCCCC.[Li+]. The molecule has 0 aromatic carbocycles. The molecule has 0 heterocycles. The van der Waals surface area contributed by atoms with Crippen LogP contribution in [0.15, 0.2) is 0 Å². The molecule has 0 saturated heterocycles. The Morgan fingerprint density at radius 1 is 0.792 bits per heavy atom. The second-order valence-electron chi connectivity index (χ2n) is 6.54. The Morgan fingerprint density at radius 2 is 1.25 bits per heavy atom. The molecule has 0 aromatic rings. The van der Waals surface area contributed by atoms with Gasteiger partial charge < -0.3 is 9.29 Å². The Morgan fingerprint density at radius 3 is 1.71 bits per heavy atom. The van der Waals surface area contributed by atoms with E-state index in [0.29, 0.717) is 13.0 Å². The summed E-state index contributed by atoms with van der Waals surface area (Å²) < 4.78 is 38.3. The summed E-state index contributed by atoms with van der Waals surface area (Å²) in [6.45, 7) is 4.84. The van der Waals surface area contributed by atoms with E-state index in [2.05, 4.69) is 13.8 Å². The fraction of sp³-hybridized carbons (Fsp3) is 1.00. The summed E-state index contributed by atoms with van der Waals surface area (Å²) in [6, 6.07) is 0. The van der Waals surface area contributed by atoms with Gasteiger partial charge in [0.05, 0.1) is 22.0 Å². The average Bonchev–Trinajstić information content (AvgIpc) is 2.47. The topological polar surface area (TPSA) is 66.4 Å². The zero-order valence-corrected chi connectivity index (χ0v) is 17.0. The van der Waals surface area contributed by atoms with Gasteiger partial charge in [0.25, 0.3) is 0 Å². The van der Waals surface area contributed by atoms with Crippen LogP contribution in [-0.4, -0.2) is 31.4 Å². The van der Waals surface area contributed by atoms with E-state index in [1.807, 2.05) is 0 Å². The first-order chi connectivity index (χ1) is 11.0. The van der Waals surface area contributed by atoms with Gasteiger partial charge in [0.2, 0.25) is 0 Å². The molecule has 0 aromatic heterocycles. The van der Waals surface area contributed by atoms with Crippen molar-refractivity contribution in [1.82, 2.24) is 0 Å². The quantitative estimate of drug-likeness (QED) is 0.227. The molecule has 0 saturated carbocycles. The molecule has 0 aliphatic carbocycles. The molecule has 0 amide bonds. The molecule has 0 aliphatic rings. The Kier molecular flexibility index (Phi) is 20.3. The van der Waals surface area contributed by atoms with Gasteiger partial charge >= 0.3 is 18.9 Å². The Hall–Kier alpha value is 0.467. The van der Waals surface area contributed by atoms with E-state index in [9.17, 15) is 13.0 Å². The normalized spacial score (nSPS) is 12.8. The maximum atomic E-state index is 10.9. The summed E-state index contributed by atoms with van der Waals surface area (Å²) in [5.41, 5.74) is 0. The zero-order valence-electron chi connectivity index (χ0n) is 16.2. The minimum atomic E-state index is -4.20. The predicted octanol–water partition coefficient (Wildman–Crippen LogP) is 2.03. The summed E-state index contributed by atoms with van der Waals surface area (Å²) in [6.07, 6.45) is 14.7. The third-order valence-electron chi connectivity index (χ3n) is 4.12. The van der Waals surface area contributed by atoms with Crippen LogP contribution < -0.4 is 18.9 Å². The van der Waals surface area contributed by atoms with Crippen molar-refractivity contribution >= 4 is 10.1 Å². The van der Waals surface area contributed by atoms with Crippen LogP contribution in [0.5, 0.6) is 0 Å². The van der Waals surface area contributed by atoms with E-state index in [0.717, 1.165) is 25.7 Å². The van der Waals surface area contributed by atoms with Crippen molar-refractivity contribution in [1.29, 1.82) is 0 Å². The molecular weight excluding hydrogens is 319 g/mol. The molecule has 0 fully saturated rings. The molecule has 0 N–H and O–H groups in total. The van der Waals surface area contributed by atoms with Crippen molar-refractivity contribution in [2.45, 2.75) is 103 Å². The van der Waals surface area contributed by atoms with Gasteiger partial charge in [-0.15, -0.1) is 0 Å². The van der Waals surface area contributed by atoms with Gasteiger partial charge in [0.15, 0.2) is 0 Å². The Bertz CT molecular complexity index is 347. The monoisotopic (exact) mass is 356 g/mol. The third kappa shape index (κ3) is 20.5. The Balaban J connectivity index is 0. The van der Waals surface area contributed by atoms with Crippen LogP contribution in [0.2, 0.25) is 0 Å². The van der Waals surface area contributed by atoms with Gasteiger partial charge in [-0.25, -0.2) is 8.42 Å². The molecule has 6 heteroatoms. The molecule has 140 valence electrons. The maximum Gasteiger partial charge on any atom is 1.00 e. The smallest absolute Gasteiger partial charge is 0.748 e. The first kappa shape index (κ1) is 26.7. The second-order valence-corrected chi connectivity index (χ2v) is 7.99. The molecule has 0 radical (unpaired) electrons. The summed E-state index contributed by atoms with van der Waals surface area (Å²) in [5.74, 6) is -0.381. The first-order valence-corrected chi connectivity index (χ1v) is 11.1. The van der Waals surface area contributed by atoms with E-state index in [-0.39, 0.29) is 24.6 Å². The van der Waals surface area contributed by atoms with E-state index in [1.54, 1.807) is 0 Å². The van der Waals surface area contributed by atoms with Crippen molar-refractivity contribution in [3.63, 3.8) is 0 Å². The van der Waals surface area contributed by atoms with Gasteiger partial charge in [-0.3, -0.25) is 0 Å². The molecule has 24 heavy (non-hydrogen) atoms. The van der Waals surface area contributed by atoms with Crippen LogP contribution in [0.25, 0.3) is 0 Å². The fourth-order valence-corrected chi connectivity index (χ4v) is 3.41. The molecular formula is C18H37LiO4S. The van der Waals surface area contributed by atoms with E-state index < -0.39 is 16.2 Å². The van der Waals surface area contributed by atoms with Crippen LogP contribution in [0.1, 0.15) is 97.3 Å². The number of unbranched alkanes of at least 4 members (excludes halogenated alkanes) is 10. The minimum Gasteiger partial charge on any atom is -0.748 e. The van der Waals surface area contributed by atoms with Gasteiger partial charge in [-0.05, 0) is 12.8 Å². The Labute approximate surface area is 162 Å². The van der Waals surface area contributed by atoms with Crippen molar-refractivity contribution in [3.8, 4) is 0 Å². The number of rotatable bonds is 17. The minimum absolute atomic E-state index is 0. The van der Waals surface area contributed by atoms with Crippen molar-refractivity contribution in [3.05, 3.63) is 0 Å². The number of hydrogen-bond donors (Lipinski definition) is 0. The summed E-state index contributed by atoms with van der Waals surface area (Å²) in [4.78, 5) is 0. The third-order valence-corrected chi connectivity index (χ3v) is 4.90. The van der Waals surface area contributed by atoms with Gasteiger partial charge in [-0.2, -0.15) is 0 Å². The van der Waals surface area contributed by atoms with Gasteiger partial charge in [0, 0.05) is 6.61 Å². The molecule has 0 spiro atoms. The van der Waals surface area contributed by atoms with Crippen LogP contribution >= 0.6 is 0 Å². The summed E-state index contributed by atoms with van der Waals surface area (Å²) in [7, 11) is -4.20. The van der Waals surface area contributed by atoms with Crippen LogP contribution in [0.3, 0.4) is 0 Å². The molecule has 4 nitrogen and oxygen atoms in total.